The molecule has 0 heterocycles. The summed E-state index contributed by atoms with van der Waals surface area (Å²) in [7, 11) is 4.49. The van der Waals surface area contributed by atoms with Crippen molar-refractivity contribution in [3.05, 3.63) is 33.9 Å². The highest BCUT2D eigenvalue weighted by molar-refractivity contribution is 5.93. The molecule has 0 aliphatic heterocycles. The molecule has 0 spiro atoms. The number of nitro benzene ring substituents is 1. The highest BCUT2D eigenvalue weighted by atomic mass is 16.6. The molecule has 0 aliphatic carbocycles. The highest BCUT2D eigenvalue weighted by Gasteiger charge is 2.24. The summed E-state index contributed by atoms with van der Waals surface area (Å²) in [4.78, 5) is 48.0. The third kappa shape index (κ3) is 6.53. The monoisotopic (exact) mass is 395 g/mol. The average molecular weight is 395 g/mol. The molecule has 1 atom stereocenters. The molecule has 0 saturated heterocycles. The summed E-state index contributed by atoms with van der Waals surface area (Å²) in [5.74, 6) is -2.03. The number of methoxy groups -OCH3 is 1. The number of benzene rings is 1. The lowest BCUT2D eigenvalue weighted by atomic mass is 10.0. The SMILES string of the molecule is COC(=O)[C@H](CC(C)C)NC(=O)COC(=O)c1ccc(N(C)C)c([N+](=O)[O-])c1. The Morgan fingerprint density at radius 2 is 1.89 bits per heavy atom. The fourth-order valence-corrected chi connectivity index (χ4v) is 2.45. The van der Waals surface area contributed by atoms with Gasteiger partial charge in [0.25, 0.3) is 11.6 Å². The smallest absolute Gasteiger partial charge is 0.338 e. The molecule has 0 fully saturated rings. The van der Waals surface area contributed by atoms with E-state index >= 15 is 0 Å². The van der Waals surface area contributed by atoms with Crippen molar-refractivity contribution in [1.82, 2.24) is 5.32 Å². The van der Waals surface area contributed by atoms with Crippen LogP contribution in [0.5, 0.6) is 0 Å². The molecule has 0 aliphatic rings. The van der Waals surface area contributed by atoms with Crippen molar-refractivity contribution in [2.24, 2.45) is 5.92 Å². The van der Waals surface area contributed by atoms with E-state index in [-0.39, 0.29) is 17.2 Å². The zero-order valence-electron chi connectivity index (χ0n) is 16.6. The van der Waals surface area contributed by atoms with Gasteiger partial charge in [0.1, 0.15) is 11.7 Å². The summed E-state index contributed by atoms with van der Waals surface area (Å²) in [5, 5.41) is 13.6. The van der Waals surface area contributed by atoms with Gasteiger partial charge < -0.3 is 19.7 Å². The van der Waals surface area contributed by atoms with Gasteiger partial charge in [-0.25, -0.2) is 9.59 Å². The first-order valence-corrected chi connectivity index (χ1v) is 8.56. The van der Waals surface area contributed by atoms with Gasteiger partial charge in [0.15, 0.2) is 6.61 Å². The number of anilines is 1. The normalized spacial score (nSPS) is 11.5. The van der Waals surface area contributed by atoms with Crippen molar-refractivity contribution in [1.29, 1.82) is 0 Å². The van der Waals surface area contributed by atoms with Gasteiger partial charge in [-0.05, 0) is 24.5 Å². The zero-order chi connectivity index (χ0) is 21.4. The van der Waals surface area contributed by atoms with Crippen LogP contribution in [0.4, 0.5) is 11.4 Å². The Bertz CT molecular complexity index is 747. The number of esters is 2. The number of ether oxygens (including phenoxy) is 2. The van der Waals surface area contributed by atoms with Crippen LogP contribution < -0.4 is 10.2 Å². The number of amides is 1. The van der Waals surface area contributed by atoms with Gasteiger partial charge in [0, 0.05) is 20.2 Å². The minimum absolute atomic E-state index is 0.0585. The molecule has 1 rings (SSSR count). The molecule has 0 radical (unpaired) electrons. The van der Waals surface area contributed by atoms with E-state index in [1.807, 2.05) is 13.8 Å². The van der Waals surface area contributed by atoms with Gasteiger partial charge in [0.2, 0.25) is 0 Å². The minimum Gasteiger partial charge on any atom is -0.467 e. The summed E-state index contributed by atoms with van der Waals surface area (Å²) in [6.07, 6.45) is 0.366. The van der Waals surface area contributed by atoms with Crippen molar-refractivity contribution >= 4 is 29.2 Å². The van der Waals surface area contributed by atoms with Gasteiger partial charge in [0.05, 0.1) is 17.6 Å². The molecule has 10 heteroatoms. The van der Waals surface area contributed by atoms with Gasteiger partial charge in [-0.15, -0.1) is 0 Å². The minimum atomic E-state index is -0.887. The molecule has 0 saturated carbocycles. The van der Waals surface area contributed by atoms with Gasteiger partial charge in [-0.3, -0.25) is 14.9 Å². The molecule has 28 heavy (non-hydrogen) atoms. The fourth-order valence-electron chi connectivity index (χ4n) is 2.45. The number of carbonyl (C=O) groups excluding carboxylic acids is 3. The zero-order valence-corrected chi connectivity index (χ0v) is 16.6. The predicted molar refractivity (Wildman–Crippen MR) is 101 cm³/mol. The van der Waals surface area contributed by atoms with Gasteiger partial charge in [-0.1, -0.05) is 13.8 Å². The van der Waals surface area contributed by atoms with Crippen molar-refractivity contribution in [3.8, 4) is 0 Å². The quantitative estimate of drug-likeness (QED) is 0.379. The number of nitro groups is 1. The molecule has 1 aromatic rings. The Labute approximate surface area is 162 Å². The van der Waals surface area contributed by atoms with Crippen LogP contribution in [0.25, 0.3) is 0 Å². The number of carbonyl (C=O) groups is 3. The van der Waals surface area contributed by atoms with Crippen LogP contribution in [-0.2, 0) is 19.1 Å². The largest absolute Gasteiger partial charge is 0.467 e. The van der Waals surface area contributed by atoms with E-state index in [4.69, 9.17) is 4.74 Å². The van der Waals surface area contributed by atoms with Crippen molar-refractivity contribution in [2.45, 2.75) is 26.3 Å². The van der Waals surface area contributed by atoms with Crippen LogP contribution in [0.1, 0.15) is 30.6 Å². The first-order chi connectivity index (χ1) is 13.1. The van der Waals surface area contributed by atoms with Crippen LogP contribution in [0.15, 0.2) is 18.2 Å². The van der Waals surface area contributed by atoms with E-state index in [0.29, 0.717) is 12.1 Å². The summed E-state index contributed by atoms with van der Waals surface area (Å²) in [6.45, 7) is 3.13. The molecule has 1 aromatic carbocycles. The molecule has 1 N–H and O–H groups in total. The van der Waals surface area contributed by atoms with E-state index in [0.717, 1.165) is 6.07 Å². The molecule has 0 aromatic heterocycles. The first-order valence-electron chi connectivity index (χ1n) is 8.56. The first kappa shape index (κ1) is 22.9. The summed E-state index contributed by atoms with van der Waals surface area (Å²) >= 11 is 0. The molecule has 154 valence electrons. The Kier molecular flexibility index (Phi) is 8.36. The third-order valence-corrected chi connectivity index (χ3v) is 3.75. The lowest BCUT2D eigenvalue weighted by Gasteiger charge is -2.18. The fraction of sp³-hybridized carbons (Fsp3) is 0.500. The maximum atomic E-state index is 12.1. The van der Waals surface area contributed by atoms with Crippen LogP contribution >= 0.6 is 0 Å². The van der Waals surface area contributed by atoms with E-state index in [2.05, 4.69) is 10.1 Å². The van der Waals surface area contributed by atoms with Crippen molar-refractivity contribution < 1.29 is 28.8 Å². The predicted octanol–water partition coefficient (Wildman–Crippen LogP) is 1.52. The van der Waals surface area contributed by atoms with E-state index < -0.39 is 35.4 Å². The summed E-state index contributed by atoms with van der Waals surface area (Å²) in [6, 6.07) is 3.03. The summed E-state index contributed by atoms with van der Waals surface area (Å²) < 4.78 is 9.55. The van der Waals surface area contributed by atoms with Crippen LogP contribution in [0.3, 0.4) is 0 Å². The van der Waals surface area contributed by atoms with Crippen LogP contribution in [0.2, 0.25) is 0 Å². The van der Waals surface area contributed by atoms with Crippen LogP contribution in [0, 0.1) is 16.0 Å². The Morgan fingerprint density at radius 1 is 1.25 bits per heavy atom. The lowest BCUT2D eigenvalue weighted by Crippen LogP contribution is -2.44. The van der Waals surface area contributed by atoms with Gasteiger partial charge >= 0.3 is 11.9 Å². The second-order valence-electron chi connectivity index (χ2n) is 6.70. The maximum Gasteiger partial charge on any atom is 0.338 e. The Balaban J connectivity index is 2.78. The molecular formula is C18H25N3O7. The van der Waals surface area contributed by atoms with E-state index in [1.165, 1.54) is 19.2 Å². The second kappa shape index (κ2) is 10.2. The van der Waals surface area contributed by atoms with Crippen LogP contribution in [-0.4, -0.2) is 56.6 Å². The van der Waals surface area contributed by atoms with E-state index in [9.17, 15) is 24.5 Å². The topological polar surface area (TPSA) is 128 Å². The van der Waals surface area contributed by atoms with Gasteiger partial charge in [-0.2, -0.15) is 0 Å². The number of rotatable bonds is 9. The maximum absolute atomic E-state index is 12.1. The molecule has 0 bridgehead atoms. The lowest BCUT2D eigenvalue weighted by molar-refractivity contribution is -0.384. The standard InChI is InChI=1S/C18H25N3O7/c1-11(2)8-13(18(24)27-5)19-16(22)10-28-17(23)12-6-7-14(20(3)4)15(9-12)21(25)26/h6-7,9,11,13H,8,10H2,1-5H3,(H,19,22)/t13-/m0/s1. The third-order valence-electron chi connectivity index (χ3n) is 3.75. The average Bonchev–Trinajstić information content (AvgIpc) is 2.63. The number of hydrogen-bond donors (Lipinski definition) is 1. The summed E-state index contributed by atoms with van der Waals surface area (Å²) in [5.41, 5.74) is 0.0114. The van der Waals surface area contributed by atoms with E-state index in [1.54, 1.807) is 19.0 Å². The molecule has 0 unspecified atom stereocenters. The Hall–Kier alpha value is -3.17. The second-order valence-corrected chi connectivity index (χ2v) is 6.70. The number of hydrogen-bond acceptors (Lipinski definition) is 8. The molecule has 1 amide bonds. The highest BCUT2D eigenvalue weighted by Crippen LogP contribution is 2.27. The molecular weight excluding hydrogens is 370 g/mol. The number of nitrogens with zero attached hydrogens (tertiary/aromatic N) is 2. The molecule has 10 nitrogen and oxygen atoms in total. The number of nitrogens with one attached hydrogen (secondary N) is 1. The van der Waals surface area contributed by atoms with Crippen molar-refractivity contribution in [2.75, 3.05) is 32.7 Å². The Morgan fingerprint density at radius 3 is 2.39 bits per heavy atom. The van der Waals surface area contributed by atoms with Crippen molar-refractivity contribution in [3.63, 3.8) is 0 Å².